The number of carbonyl (C=O) groups excluding carboxylic acids is 1. The molecule has 3 unspecified atom stereocenters. The van der Waals surface area contributed by atoms with Crippen LogP contribution in [0, 0.1) is 11.8 Å². The number of hydrogen-bond donors (Lipinski definition) is 1. The van der Waals surface area contributed by atoms with Gasteiger partial charge in [-0.05, 0) is 50.9 Å². The minimum atomic E-state index is -0.713. The fourth-order valence-corrected chi connectivity index (χ4v) is 3.88. The molecule has 3 rings (SSSR count). The monoisotopic (exact) mass is 289 g/mol. The fourth-order valence-electron chi connectivity index (χ4n) is 3.88. The van der Waals surface area contributed by atoms with Crippen molar-refractivity contribution in [2.24, 2.45) is 11.8 Å². The van der Waals surface area contributed by atoms with E-state index in [-0.39, 0.29) is 17.9 Å². The summed E-state index contributed by atoms with van der Waals surface area (Å²) in [6.07, 6.45) is 12.6. The van der Waals surface area contributed by atoms with Gasteiger partial charge < -0.3 is 10.0 Å². The standard InChI is InChI=1S/C17H23NO3/c19-16-13-6-4-2-1-3-5-12(9-13)11-18(16)15-8-7-14(10-15)17(20)21/h1,3,6,12,14-15H,2,4-5,7-11H2,(H,20,21). The number of carboxylic acids is 1. The molecular weight excluding hydrogens is 266 g/mol. The molecular formula is C17H23NO3. The molecule has 3 aliphatic rings. The zero-order valence-electron chi connectivity index (χ0n) is 12.3. The van der Waals surface area contributed by atoms with Gasteiger partial charge in [0, 0.05) is 18.2 Å². The molecule has 2 bridgehead atoms. The van der Waals surface area contributed by atoms with Gasteiger partial charge in [0.15, 0.2) is 0 Å². The molecule has 4 heteroatoms. The van der Waals surface area contributed by atoms with E-state index in [1.807, 2.05) is 4.90 Å². The Morgan fingerprint density at radius 2 is 2.10 bits per heavy atom. The Morgan fingerprint density at radius 3 is 2.86 bits per heavy atom. The van der Waals surface area contributed by atoms with Gasteiger partial charge in [-0.2, -0.15) is 0 Å². The molecule has 3 atom stereocenters. The second-order valence-corrected chi connectivity index (χ2v) is 6.54. The summed E-state index contributed by atoms with van der Waals surface area (Å²) < 4.78 is 0. The normalized spacial score (nSPS) is 33.1. The highest BCUT2D eigenvalue weighted by molar-refractivity contribution is 5.94. The number of amides is 1. The molecule has 1 amide bonds. The van der Waals surface area contributed by atoms with E-state index in [4.69, 9.17) is 5.11 Å². The zero-order valence-corrected chi connectivity index (χ0v) is 12.3. The number of likely N-dealkylation sites (tertiary alicyclic amines) is 1. The Morgan fingerprint density at radius 1 is 1.24 bits per heavy atom. The van der Waals surface area contributed by atoms with Crippen molar-refractivity contribution in [2.75, 3.05) is 6.54 Å². The summed E-state index contributed by atoms with van der Waals surface area (Å²) in [5.41, 5.74) is 0.953. The molecule has 1 saturated heterocycles. The van der Waals surface area contributed by atoms with Crippen molar-refractivity contribution in [3.05, 3.63) is 23.8 Å². The molecule has 2 aliphatic carbocycles. The predicted octanol–water partition coefficient (Wildman–Crippen LogP) is 2.75. The Kier molecular flexibility index (Phi) is 4.13. The second-order valence-electron chi connectivity index (χ2n) is 6.54. The first-order valence-corrected chi connectivity index (χ1v) is 8.03. The van der Waals surface area contributed by atoms with Gasteiger partial charge in [-0.15, -0.1) is 0 Å². The molecule has 0 aromatic heterocycles. The molecule has 0 aromatic rings. The van der Waals surface area contributed by atoms with Gasteiger partial charge in [-0.25, -0.2) is 0 Å². The van der Waals surface area contributed by atoms with Gasteiger partial charge in [0.2, 0.25) is 5.91 Å². The summed E-state index contributed by atoms with van der Waals surface area (Å²) in [6, 6.07) is 0.120. The molecule has 1 N–H and O–H groups in total. The molecule has 2 fully saturated rings. The fraction of sp³-hybridized carbons (Fsp3) is 0.647. The molecule has 21 heavy (non-hydrogen) atoms. The van der Waals surface area contributed by atoms with E-state index in [9.17, 15) is 9.59 Å². The minimum Gasteiger partial charge on any atom is -0.481 e. The van der Waals surface area contributed by atoms with Crippen LogP contribution in [0.4, 0.5) is 0 Å². The van der Waals surface area contributed by atoms with Gasteiger partial charge in [0.1, 0.15) is 0 Å². The summed E-state index contributed by atoms with van der Waals surface area (Å²) in [5.74, 6) is -0.335. The number of carbonyl (C=O) groups is 2. The molecule has 114 valence electrons. The van der Waals surface area contributed by atoms with Crippen molar-refractivity contribution in [3.8, 4) is 0 Å². The molecule has 1 aliphatic heterocycles. The van der Waals surface area contributed by atoms with E-state index in [2.05, 4.69) is 18.2 Å². The second kappa shape index (κ2) is 6.04. The highest BCUT2D eigenvalue weighted by Gasteiger charge is 2.39. The van der Waals surface area contributed by atoms with E-state index in [1.54, 1.807) is 0 Å². The van der Waals surface area contributed by atoms with Crippen LogP contribution in [0.5, 0.6) is 0 Å². The Hall–Kier alpha value is -1.58. The average molecular weight is 289 g/mol. The van der Waals surface area contributed by atoms with E-state index in [0.29, 0.717) is 18.8 Å². The van der Waals surface area contributed by atoms with Crippen LogP contribution in [0.15, 0.2) is 23.8 Å². The average Bonchev–Trinajstić information content (AvgIpc) is 2.96. The predicted molar refractivity (Wildman–Crippen MR) is 79.7 cm³/mol. The minimum absolute atomic E-state index is 0.120. The number of hydrogen-bond acceptors (Lipinski definition) is 2. The van der Waals surface area contributed by atoms with Gasteiger partial charge in [-0.1, -0.05) is 18.2 Å². The highest BCUT2D eigenvalue weighted by Crippen LogP contribution is 2.35. The number of piperidine rings is 1. The molecule has 0 aromatic carbocycles. The lowest BCUT2D eigenvalue weighted by atomic mass is 9.89. The number of carboxylic acid groups (broad SMARTS) is 1. The number of fused-ring (bicyclic) bond motifs is 2. The van der Waals surface area contributed by atoms with Crippen LogP contribution in [0.25, 0.3) is 0 Å². The van der Waals surface area contributed by atoms with Gasteiger partial charge >= 0.3 is 5.97 Å². The summed E-state index contributed by atoms with van der Waals surface area (Å²) in [4.78, 5) is 25.8. The Balaban J connectivity index is 1.76. The topological polar surface area (TPSA) is 57.6 Å². The first kappa shape index (κ1) is 14.4. The molecule has 1 heterocycles. The lowest BCUT2D eigenvalue weighted by molar-refractivity contribution is -0.142. The maximum absolute atomic E-state index is 12.7. The lowest BCUT2D eigenvalue weighted by Crippen LogP contribution is -2.46. The maximum atomic E-state index is 12.7. The van der Waals surface area contributed by atoms with E-state index < -0.39 is 5.97 Å². The van der Waals surface area contributed by atoms with E-state index in [0.717, 1.165) is 44.2 Å². The largest absolute Gasteiger partial charge is 0.481 e. The molecule has 4 nitrogen and oxygen atoms in total. The van der Waals surface area contributed by atoms with Gasteiger partial charge in [0.25, 0.3) is 0 Å². The van der Waals surface area contributed by atoms with Crippen LogP contribution in [0.3, 0.4) is 0 Å². The third-order valence-corrected chi connectivity index (χ3v) is 5.05. The smallest absolute Gasteiger partial charge is 0.306 e. The van der Waals surface area contributed by atoms with Crippen molar-refractivity contribution in [2.45, 2.75) is 51.0 Å². The molecule has 1 saturated carbocycles. The number of aliphatic carboxylic acids is 1. The van der Waals surface area contributed by atoms with Gasteiger partial charge in [0.05, 0.1) is 5.92 Å². The Bertz CT molecular complexity index is 494. The summed E-state index contributed by atoms with van der Waals surface area (Å²) in [6.45, 7) is 0.789. The number of rotatable bonds is 2. The highest BCUT2D eigenvalue weighted by atomic mass is 16.4. The first-order valence-electron chi connectivity index (χ1n) is 8.03. The van der Waals surface area contributed by atoms with Crippen LogP contribution in [0.1, 0.15) is 44.9 Å². The maximum Gasteiger partial charge on any atom is 0.306 e. The van der Waals surface area contributed by atoms with Crippen LogP contribution in [0.2, 0.25) is 0 Å². The number of allylic oxidation sites excluding steroid dienone is 3. The van der Waals surface area contributed by atoms with Crippen LogP contribution >= 0.6 is 0 Å². The summed E-state index contributed by atoms with van der Waals surface area (Å²) >= 11 is 0. The van der Waals surface area contributed by atoms with Gasteiger partial charge in [-0.3, -0.25) is 9.59 Å². The lowest BCUT2D eigenvalue weighted by Gasteiger charge is -2.38. The summed E-state index contributed by atoms with van der Waals surface area (Å²) in [5, 5.41) is 9.15. The zero-order chi connectivity index (χ0) is 14.8. The van der Waals surface area contributed by atoms with Crippen molar-refractivity contribution < 1.29 is 14.7 Å². The van der Waals surface area contributed by atoms with E-state index in [1.165, 1.54) is 0 Å². The van der Waals surface area contributed by atoms with Crippen molar-refractivity contribution in [1.82, 2.24) is 4.90 Å². The number of nitrogens with zero attached hydrogens (tertiary/aromatic N) is 1. The quantitative estimate of drug-likeness (QED) is 0.795. The molecule has 0 spiro atoms. The third-order valence-electron chi connectivity index (χ3n) is 5.05. The van der Waals surface area contributed by atoms with Crippen molar-refractivity contribution in [3.63, 3.8) is 0 Å². The third kappa shape index (κ3) is 3.04. The van der Waals surface area contributed by atoms with Crippen LogP contribution < -0.4 is 0 Å². The summed E-state index contributed by atoms with van der Waals surface area (Å²) in [7, 11) is 0. The Labute approximate surface area is 125 Å². The molecule has 0 radical (unpaired) electrons. The van der Waals surface area contributed by atoms with Crippen LogP contribution in [-0.2, 0) is 9.59 Å². The first-order chi connectivity index (χ1) is 10.1. The van der Waals surface area contributed by atoms with E-state index >= 15 is 0 Å². The SMILES string of the molecule is O=C(O)C1CCC(N2CC3CC=CCCC=C(C3)C2=O)C1. The van der Waals surface area contributed by atoms with Crippen molar-refractivity contribution >= 4 is 11.9 Å². The van der Waals surface area contributed by atoms with Crippen LogP contribution in [-0.4, -0.2) is 34.5 Å². The van der Waals surface area contributed by atoms with Crippen molar-refractivity contribution in [1.29, 1.82) is 0 Å².